The molecule has 0 aromatic heterocycles. The first-order valence-electron chi connectivity index (χ1n) is 10.1. The fourth-order valence-corrected chi connectivity index (χ4v) is 4.33. The maximum atomic E-state index is 12.7. The number of nitrogens with one attached hydrogen (secondary N) is 3. The van der Waals surface area contributed by atoms with E-state index in [9.17, 15) is 13.2 Å². The van der Waals surface area contributed by atoms with E-state index in [1.165, 1.54) is 19.2 Å². The molecule has 170 valence electrons. The molecule has 0 fully saturated rings. The van der Waals surface area contributed by atoms with E-state index >= 15 is 0 Å². The van der Waals surface area contributed by atoms with Crippen LogP contribution >= 0.6 is 12.2 Å². The first-order chi connectivity index (χ1) is 15.6. The fraction of sp³-hybridized carbons (Fsp3) is 0.130. The normalized spacial score (nSPS) is 10.9. The summed E-state index contributed by atoms with van der Waals surface area (Å²) in [6.07, 6.45) is 0. The van der Waals surface area contributed by atoms with Crippen molar-refractivity contribution in [3.63, 3.8) is 0 Å². The molecular weight excluding hydrogens is 457 g/mol. The van der Waals surface area contributed by atoms with E-state index in [0.717, 1.165) is 16.6 Å². The van der Waals surface area contributed by atoms with Gasteiger partial charge in [-0.3, -0.25) is 14.8 Å². The number of hydrogen-bond donors (Lipinski definition) is 3. The predicted molar refractivity (Wildman–Crippen MR) is 138 cm³/mol. The quantitative estimate of drug-likeness (QED) is 0.370. The van der Waals surface area contributed by atoms with E-state index in [1.807, 2.05) is 33.8 Å². The molecule has 0 bridgehead atoms. The number of methoxy groups -OCH3 is 1. The molecule has 0 aliphatic rings. The van der Waals surface area contributed by atoms with E-state index in [-0.39, 0.29) is 10.0 Å². The Bertz CT molecular complexity index is 1310. The molecule has 0 saturated carbocycles. The van der Waals surface area contributed by atoms with Gasteiger partial charge in [0.1, 0.15) is 13.6 Å². The molecule has 0 saturated heterocycles. The van der Waals surface area contributed by atoms with Crippen molar-refractivity contribution >= 4 is 57.9 Å². The first kappa shape index (κ1) is 24.3. The third-order valence-electron chi connectivity index (χ3n) is 5.01. The van der Waals surface area contributed by atoms with Crippen LogP contribution in [-0.4, -0.2) is 34.4 Å². The van der Waals surface area contributed by atoms with Crippen LogP contribution in [-0.2, 0) is 10.0 Å². The lowest BCUT2D eigenvalue weighted by atomic mass is 9.94. The van der Waals surface area contributed by atoms with Crippen LogP contribution < -0.4 is 25.6 Å². The molecule has 3 aromatic rings. The van der Waals surface area contributed by atoms with E-state index < -0.39 is 15.9 Å². The molecular formula is C23H24BN3O4S2. The van der Waals surface area contributed by atoms with Gasteiger partial charge in [-0.25, -0.2) is 8.42 Å². The zero-order chi connectivity index (χ0) is 24.2. The van der Waals surface area contributed by atoms with Crippen molar-refractivity contribution < 1.29 is 17.9 Å². The zero-order valence-electron chi connectivity index (χ0n) is 18.7. The summed E-state index contributed by atoms with van der Waals surface area (Å²) in [5, 5.41) is 5.56. The Kier molecular flexibility index (Phi) is 7.40. The van der Waals surface area contributed by atoms with E-state index in [1.54, 1.807) is 36.4 Å². The number of ether oxygens (including phenoxy) is 1. The van der Waals surface area contributed by atoms with Gasteiger partial charge < -0.3 is 10.1 Å². The maximum Gasteiger partial charge on any atom is 0.261 e. The zero-order valence-corrected chi connectivity index (χ0v) is 20.4. The molecule has 3 aromatic carbocycles. The molecule has 0 atom stereocenters. The van der Waals surface area contributed by atoms with Crippen molar-refractivity contribution in [2.24, 2.45) is 0 Å². The lowest BCUT2D eigenvalue weighted by molar-refractivity contribution is 0.0975. The molecule has 33 heavy (non-hydrogen) atoms. The minimum atomic E-state index is -3.75. The van der Waals surface area contributed by atoms with Crippen LogP contribution in [0.4, 0.5) is 11.4 Å². The van der Waals surface area contributed by atoms with Crippen molar-refractivity contribution in [3.05, 3.63) is 77.4 Å². The highest BCUT2D eigenvalue weighted by Gasteiger charge is 2.16. The number of thiocarbonyl (C=S) groups is 1. The second-order valence-electron chi connectivity index (χ2n) is 7.54. The number of aryl methyl sites for hydroxylation is 2. The average Bonchev–Trinajstić information content (AvgIpc) is 2.76. The van der Waals surface area contributed by atoms with Gasteiger partial charge in [-0.15, -0.1) is 0 Å². The Balaban J connectivity index is 1.66. The van der Waals surface area contributed by atoms with Gasteiger partial charge in [0.25, 0.3) is 15.9 Å². The van der Waals surface area contributed by atoms with Gasteiger partial charge in [0.2, 0.25) is 0 Å². The largest absolute Gasteiger partial charge is 0.496 e. The van der Waals surface area contributed by atoms with Crippen molar-refractivity contribution in [2.45, 2.75) is 18.7 Å². The smallest absolute Gasteiger partial charge is 0.261 e. The number of anilines is 2. The summed E-state index contributed by atoms with van der Waals surface area (Å²) in [5.74, 6) is 0.0246. The van der Waals surface area contributed by atoms with Crippen LogP contribution in [0.5, 0.6) is 5.75 Å². The summed E-state index contributed by atoms with van der Waals surface area (Å²) in [6.45, 7) is 3.88. The van der Waals surface area contributed by atoms with Gasteiger partial charge >= 0.3 is 0 Å². The van der Waals surface area contributed by atoms with Crippen LogP contribution in [0.25, 0.3) is 0 Å². The Morgan fingerprint density at radius 3 is 2.24 bits per heavy atom. The topological polar surface area (TPSA) is 96.5 Å². The SMILES string of the molecule is Bc1ccc(OC)c(C(=O)NC(=S)Nc2ccc(S(=O)(=O)Nc3ccc(C)c(C)c3)cc2)c1. The number of sulfonamides is 1. The molecule has 7 nitrogen and oxygen atoms in total. The summed E-state index contributed by atoms with van der Waals surface area (Å²) < 4.78 is 33.2. The van der Waals surface area contributed by atoms with E-state index in [2.05, 4.69) is 15.4 Å². The molecule has 0 unspecified atom stereocenters. The van der Waals surface area contributed by atoms with Gasteiger partial charge in [-0.1, -0.05) is 23.7 Å². The number of amides is 1. The third-order valence-corrected chi connectivity index (χ3v) is 6.61. The molecule has 10 heteroatoms. The van der Waals surface area contributed by atoms with Gasteiger partial charge in [-0.05, 0) is 79.7 Å². The third kappa shape index (κ3) is 6.12. The standard InChI is InChI=1S/C23H24BN3O4S2/c1-14-4-6-18(12-15(14)2)27-33(29,30)19-9-7-17(8-10-19)25-23(32)26-22(28)20-13-16(24)5-11-21(20)31-3/h4-13,27H,24H2,1-3H3,(H2,25,26,28,32). The summed E-state index contributed by atoms with van der Waals surface area (Å²) >= 11 is 5.23. The Morgan fingerprint density at radius 1 is 0.939 bits per heavy atom. The van der Waals surface area contributed by atoms with Crippen LogP contribution in [0.15, 0.2) is 65.6 Å². The van der Waals surface area contributed by atoms with Gasteiger partial charge in [0.15, 0.2) is 5.11 Å². The molecule has 0 aliphatic carbocycles. The summed E-state index contributed by atoms with van der Waals surface area (Å²) in [6, 6.07) is 16.7. The van der Waals surface area contributed by atoms with E-state index in [0.29, 0.717) is 22.7 Å². The van der Waals surface area contributed by atoms with Crippen molar-refractivity contribution in [3.8, 4) is 5.75 Å². The lowest BCUT2D eigenvalue weighted by Gasteiger charge is -2.13. The van der Waals surface area contributed by atoms with Crippen LogP contribution in [0.2, 0.25) is 0 Å². The molecule has 0 radical (unpaired) electrons. The van der Waals surface area contributed by atoms with Crippen LogP contribution in [0, 0.1) is 13.8 Å². The predicted octanol–water partition coefficient (Wildman–Crippen LogP) is 2.50. The minimum absolute atomic E-state index is 0.0763. The van der Waals surface area contributed by atoms with Gasteiger partial charge in [-0.2, -0.15) is 0 Å². The second-order valence-corrected chi connectivity index (χ2v) is 9.63. The maximum absolute atomic E-state index is 12.7. The van der Waals surface area contributed by atoms with Gasteiger partial charge in [0, 0.05) is 11.4 Å². The Labute approximate surface area is 200 Å². The van der Waals surface area contributed by atoms with Crippen LogP contribution in [0.1, 0.15) is 21.5 Å². The highest BCUT2D eigenvalue weighted by Crippen LogP contribution is 2.21. The number of carbonyl (C=O) groups is 1. The average molecular weight is 481 g/mol. The highest BCUT2D eigenvalue weighted by atomic mass is 32.2. The summed E-state index contributed by atoms with van der Waals surface area (Å²) in [4.78, 5) is 12.7. The molecule has 3 rings (SSSR count). The Morgan fingerprint density at radius 2 is 1.61 bits per heavy atom. The number of benzene rings is 3. The van der Waals surface area contributed by atoms with Crippen LogP contribution in [0.3, 0.4) is 0 Å². The molecule has 0 heterocycles. The van der Waals surface area contributed by atoms with Gasteiger partial charge in [0.05, 0.1) is 17.6 Å². The first-order valence-corrected chi connectivity index (χ1v) is 12.0. The highest BCUT2D eigenvalue weighted by molar-refractivity contribution is 7.92. The Hall–Kier alpha value is -3.37. The number of rotatable bonds is 6. The molecule has 0 spiro atoms. The van der Waals surface area contributed by atoms with Crippen molar-refractivity contribution in [1.82, 2.24) is 5.32 Å². The second kappa shape index (κ2) is 10.1. The monoisotopic (exact) mass is 481 g/mol. The number of hydrogen-bond acceptors (Lipinski definition) is 5. The summed E-state index contributed by atoms with van der Waals surface area (Å²) in [7, 11) is -0.388. The molecule has 1 amide bonds. The number of carbonyl (C=O) groups excluding carboxylic acids is 1. The van der Waals surface area contributed by atoms with Crippen molar-refractivity contribution in [1.29, 1.82) is 0 Å². The molecule has 3 N–H and O–H groups in total. The molecule has 0 aliphatic heterocycles. The minimum Gasteiger partial charge on any atom is -0.496 e. The summed E-state index contributed by atoms with van der Waals surface area (Å²) in [5.41, 5.74) is 4.37. The lowest BCUT2D eigenvalue weighted by Crippen LogP contribution is -2.34. The van der Waals surface area contributed by atoms with E-state index in [4.69, 9.17) is 17.0 Å². The fourth-order valence-electron chi connectivity index (χ4n) is 3.07. The van der Waals surface area contributed by atoms with Crippen molar-refractivity contribution in [2.75, 3.05) is 17.1 Å².